The molecule has 0 aliphatic heterocycles. The molecule has 0 spiro atoms. The van der Waals surface area contributed by atoms with E-state index in [0.717, 1.165) is 5.56 Å². The molecule has 1 aliphatic rings. The number of alkyl carbamates (subject to hydrolysis) is 1. The summed E-state index contributed by atoms with van der Waals surface area (Å²) < 4.78 is 5.04. The molecule has 2 rings (SSSR count). The lowest BCUT2D eigenvalue weighted by Crippen LogP contribution is -2.52. The minimum atomic E-state index is -0.968. The average Bonchev–Trinajstić information content (AvgIpc) is 3.24. The van der Waals surface area contributed by atoms with Gasteiger partial charge in [0.2, 0.25) is 6.41 Å². The number of ether oxygens (including phenoxy) is 1. The molecule has 0 saturated heterocycles. The third-order valence-corrected chi connectivity index (χ3v) is 2.98. The van der Waals surface area contributed by atoms with Crippen molar-refractivity contribution in [1.29, 1.82) is 0 Å². The van der Waals surface area contributed by atoms with Crippen molar-refractivity contribution in [3.05, 3.63) is 35.9 Å². The predicted octanol–water partition coefficient (Wildman–Crippen LogP) is 0.223. The third-order valence-electron chi connectivity index (χ3n) is 2.98. The van der Waals surface area contributed by atoms with E-state index in [-0.39, 0.29) is 6.61 Å². The second kappa shape index (κ2) is 6.05. The van der Waals surface area contributed by atoms with Gasteiger partial charge in [-0.25, -0.2) is 4.79 Å². The van der Waals surface area contributed by atoms with Crippen molar-refractivity contribution in [2.45, 2.75) is 25.0 Å². The Morgan fingerprint density at radius 1 is 1.25 bits per heavy atom. The van der Waals surface area contributed by atoms with Gasteiger partial charge in [-0.1, -0.05) is 30.3 Å². The molecular formula is C13H15N3O4. The molecule has 3 amide bonds. The second-order valence-electron chi connectivity index (χ2n) is 4.49. The molecule has 7 heteroatoms. The van der Waals surface area contributed by atoms with Crippen LogP contribution in [0.1, 0.15) is 18.4 Å². The molecular weight excluding hydrogens is 262 g/mol. The van der Waals surface area contributed by atoms with Crippen molar-refractivity contribution >= 4 is 18.4 Å². The normalized spacial score (nSPS) is 14.8. The molecule has 1 aromatic rings. The Bertz CT molecular complexity index is 500. The predicted molar refractivity (Wildman–Crippen MR) is 69.1 cm³/mol. The number of nitrogens with one attached hydrogen (secondary N) is 3. The highest BCUT2D eigenvalue weighted by atomic mass is 16.5. The summed E-state index contributed by atoms with van der Waals surface area (Å²) in [5.41, 5.74) is 4.13. The molecule has 1 saturated carbocycles. The van der Waals surface area contributed by atoms with E-state index in [4.69, 9.17) is 4.74 Å². The van der Waals surface area contributed by atoms with Gasteiger partial charge in [0.15, 0.2) is 0 Å². The molecule has 0 atom stereocenters. The maximum atomic E-state index is 11.7. The molecule has 20 heavy (non-hydrogen) atoms. The van der Waals surface area contributed by atoms with E-state index in [1.165, 1.54) is 0 Å². The number of hydrazine groups is 1. The monoisotopic (exact) mass is 277 g/mol. The molecule has 7 nitrogen and oxygen atoms in total. The maximum Gasteiger partial charge on any atom is 0.408 e. The van der Waals surface area contributed by atoms with Crippen molar-refractivity contribution in [1.82, 2.24) is 16.2 Å². The number of carbonyl (C=O) groups excluding carboxylic acids is 3. The fourth-order valence-electron chi connectivity index (χ4n) is 1.70. The van der Waals surface area contributed by atoms with Crippen molar-refractivity contribution < 1.29 is 19.1 Å². The van der Waals surface area contributed by atoms with Crippen LogP contribution >= 0.6 is 0 Å². The van der Waals surface area contributed by atoms with Crippen LogP contribution < -0.4 is 16.2 Å². The van der Waals surface area contributed by atoms with E-state index < -0.39 is 17.5 Å². The minimum Gasteiger partial charge on any atom is -0.445 e. The summed E-state index contributed by atoms with van der Waals surface area (Å²) >= 11 is 0. The standard InChI is InChI=1S/C13H15N3O4/c17-9-14-16-11(18)13(6-7-13)15-12(19)20-8-10-4-2-1-3-5-10/h1-5,9H,6-8H2,(H,14,17)(H,15,19)(H,16,18). The van der Waals surface area contributed by atoms with Crippen LogP contribution in [0.3, 0.4) is 0 Å². The summed E-state index contributed by atoms with van der Waals surface area (Å²) in [6, 6.07) is 9.23. The Hall–Kier alpha value is -2.57. The lowest BCUT2D eigenvalue weighted by molar-refractivity contribution is -0.127. The van der Waals surface area contributed by atoms with Gasteiger partial charge in [-0.3, -0.25) is 20.4 Å². The molecule has 0 aromatic heterocycles. The first kappa shape index (κ1) is 13.9. The van der Waals surface area contributed by atoms with Crippen LogP contribution in [-0.4, -0.2) is 23.9 Å². The summed E-state index contributed by atoms with van der Waals surface area (Å²) in [4.78, 5) is 33.4. The first-order valence-corrected chi connectivity index (χ1v) is 6.15. The van der Waals surface area contributed by atoms with Gasteiger partial charge in [0.05, 0.1) is 0 Å². The van der Waals surface area contributed by atoms with Gasteiger partial charge in [-0.2, -0.15) is 0 Å². The number of hydrogen-bond donors (Lipinski definition) is 3. The molecule has 3 N–H and O–H groups in total. The molecule has 0 unspecified atom stereocenters. The van der Waals surface area contributed by atoms with Crippen molar-refractivity contribution in [2.24, 2.45) is 0 Å². The van der Waals surface area contributed by atoms with E-state index in [1.54, 1.807) is 0 Å². The topological polar surface area (TPSA) is 96.5 Å². The number of hydrogen-bond acceptors (Lipinski definition) is 4. The van der Waals surface area contributed by atoms with Gasteiger partial charge in [0, 0.05) is 0 Å². The first-order valence-electron chi connectivity index (χ1n) is 6.15. The van der Waals surface area contributed by atoms with E-state index in [2.05, 4.69) is 16.2 Å². The Kier molecular flexibility index (Phi) is 4.19. The summed E-state index contributed by atoms with van der Waals surface area (Å²) in [6.45, 7) is 0.136. The number of carbonyl (C=O) groups is 3. The molecule has 1 fully saturated rings. The highest BCUT2D eigenvalue weighted by Crippen LogP contribution is 2.35. The number of amides is 3. The van der Waals surface area contributed by atoms with Gasteiger partial charge < -0.3 is 10.1 Å². The summed E-state index contributed by atoms with van der Waals surface area (Å²) in [5.74, 6) is -0.457. The zero-order valence-corrected chi connectivity index (χ0v) is 10.7. The van der Waals surface area contributed by atoms with E-state index in [0.29, 0.717) is 19.3 Å². The van der Waals surface area contributed by atoms with Crippen LogP contribution in [-0.2, 0) is 20.9 Å². The Balaban J connectivity index is 1.79. The first-order chi connectivity index (χ1) is 9.66. The summed E-state index contributed by atoms with van der Waals surface area (Å²) in [7, 11) is 0. The zero-order valence-electron chi connectivity index (χ0n) is 10.7. The fourth-order valence-corrected chi connectivity index (χ4v) is 1.70. The lowest BCUT2D eigenvalue weighted by Gasteiger charge is -2.16. The van der Waals surface area contributed by atoms with Gasteiger partial charge in [-0.05, 0) is 18.4 Å². The molecule has 1 aromatic carbocycles. The molecule has 106 valence electrons. The van der Waals surface area contributed by atoms with Crippen LogP contribution in [0.15, 0.2) is 30.3 Å². The largest absolute Gasteiger partial charge is 0.445 e. The molecule has 0 heterocycles. The van der Waals surface area contributed by atoms with Crippen LogP contribution in [0.2, 0.25) is 0 Å². The summed E-state index contributed by atoms with van der Waals surface area (Å²) in [6.07, 6.45) is 0.717. The third kappa shape index (κ3) is 3.47. The van der Waals surface area contributed by atoms with E-state index >= 15 is 0 Å². The summed E-state index contributed by atoms with van der Waals surface area (Å²) in [5, 5.41) is 2.52. The van der Waals surface area contributed by atoms with Crippen molar-refractivity contribution in [2.75, 3.05) is 0 Å². The Labute approximate surface area is 115 Å². The SMILES string of the molecule is O=CNNC(=O)C1(NC(=O)OCc2ccccc2)CC1. The number of benzene rings is 1. The quantitative estimate of drug-likeness (QED) is 0.512. The molecule has 0 radical (unpaired) electrons. The second-order valence-corrected chi connectivity index (χ2v) is 4.49. The van der Waals surface area contributed by atoms with Gasteiger partial charge >= 0.3 is 6.09 Å². The maximum absolute atomic E-state index is 11.7. The van der Waals surface area contributed by atoms with Gasteiger partial charge in [0.25, 0.3) is 5.91 Å². The minimum absolute atomic E-state index is 0.136. The molecule has 0 bridgehead atoms. The Morgan fingerprint density at radius 2 is 1.95 bits per heavy atom. The van der Waals surface area contributed by atoms with Crippen LogP contribution in [0.25, 0.3) is 0 Å². The van der Waals surface area contributed by atoms with Crippen LogP contribution in [0.4, 0.5) is 4.79 Å². The van der Waals surface area contributed by atoms with E-state index in [1.807, 2.05) is 30.3 Å². The van der Waals surface area contributed by atoms with Crippen molar-refractivity contribution in [3.63, 3.8) is 0 Å². The average molecular weight is 277 g/mol. The highest BCUT2D eigenvalue weighted by molar-refractivity contribution is 5.93. The van der Waals surface area contributed by atoms with Crippen LogP contribution in [0.5, 0.6) is 0 Å². The van der Waals surface area contributed by atoms with Crippen LogP contribution in [0, 0.1) is 0 Å². The Morgan fingerprint density at radius 3 is 2.55 bits per heavy atom. The smallest absolute Gasteiger partial charge is 0.408 e. The fraction of sp³-hybridized carbons (Fsp3) is 0.308. The lowest BCUT2D eigenvalue weighted by atomic mass is 10.2. The number of rotatable bonds is 6. The van der Waals surface area contributed by atoms with E-state index in [9.17, 15) is 14.4 Å². The zero-order chi connectivity index (χ0) is 14.4. The molecule has 1 aliphatic carbocycles. The van der Waals surface area contributed by atoms with Crippen molar-refractivity contribution in [3.8, 4) is 0 Å². The van der Waals surface area contributed by atoms with Gasteiger partial charge in [-0.15, -0.1) is 0 Å². The van der Waals surface area contributed by atoms with Gasteiger partial charge in [0.1, 0.15) is 12.1 Å². The highest BCUT2D eigenvalue weighted by Gasteiger charge is 2.51.